The smallest absolute Gasteiger partial charge is 0.340 e. The molecule has 0 saturated heterocycles. The van der Waals surface area contributed by atoms with Crippen LogP contribution in [0, 0.1) is 6.92 Å². The first-order valence-electron chi connectivity index (χ1n) is 10.8. The Morgan fingerprint density at radius 1 is 1.12 bits per heavy atom. The molecule has 0 N–H and O–H groups in total. The van der Waals surface area contributed by atoms with E-state index in [0.29, 0.717) is 29.0 Å². The zero-order valence-electron chi connectivity index (χ0n) is 19.3. The molecule has 1 amide bonds. The quantitative estimate of drug-likeness (QED) is 0.482. The molecule has 1 aliphatic rings. The summed E-state index contributed by atoms with van der Waals surface area (Å²) in [6, 6.07) is 16.6. The number of hydrogen-bond donors (Lipinski definition) is 0. The standard InChI is InChI=1S/C25H26N2O5S2/c1-17-8-7-11-19(14-17)23(28)27-13-12-20-21(16-27)33-25(22(20)24(29)32-3)34(30,31)26(2)15-18-9-5-4-6-10-18/h4-11,14H,12-13,15-16H2,1-3H3. The van der Waals surface area contributed by atoms with Gasteiger partial charge in [0.25, 0.3) is 15.9 Å². The van der Waals surface area contributed by atoms with Gasteiger partial charge in [-0.1, -0.05) is 48.0 Å². The number of rotatable bonds is 6. The Kier molecular flexibility index (Phi) is 6.88. The van der Waals surface area contributed by atoms with Crippen molar-refractivity contribution < 1.29 is 22.7 Å². The number of carbonyl (C=O) groups is 2. The monoisotopic (exact) mass is 498 g/mol. The van der Waals surface area contributed by atoms with Crippen LogP contribution in [0.3, 0.4) is 0 Å². The number of amides is 1. The number of thiophene rings is 1. The van der Waals surface area contributed by atoms with Crippen LogP contribution in [-0.4, -0.2) is 50.2 Å². The normalized spacial score (nSPS) is 13.6. The molecule has 178 valence electrons. The van der Waals surface area contributed by atoms with Crippen LogP contribution in [0.5, 0.6) is 0 Å². The number of sulfonamides is 1. The summed E-state index contributed by atoms with van der Waals surface area (Å²) in [5, 5.41) is 0. The summed E-state index contributed by atoms with van der Waals surface area (Å²) >= 11 is 1.05. The van der Waals surface area contributed by atoms with E-state index >= 15 is 0 Å². The largest absolute Gasteiger partial charge is 0.465 e. The fourth-order valence-corrected chi connectivity index (χ4v) is 7.32. The van der Waals surface area contributed by atoms with Gasteiger partial charge in [-0.2, -0.15) is 4.31 Å². The molecule has 2 aromatic carbocycles. The Bertz CT molecular complexity index is 1330. The Morgan fingerprint density at radius 2 is 1.85 bits per heavy atom. The lowest BCUT2D eigenvalue weighted by Crippen LogP contribution is -2.35. The fourth-order valence-electron chi connectivity index (χ4n) is 4.07. The van der Waals surface area contributed by atoms with Crippen LogP contribution in [0.2, 0.25) is 0 Å². The van der Waals surface area contributed by atoms with Gasteiger partial charge in [-0.05, 0) is 36.6 Å². The van der Waals surface area contributed by atoms with Gasteiger partial charge in [0.2, 0.25) is 0 Å². The van der Waals surface area contributed by atoms with Crippen molar-refractivity contribution in [2.45, 2.75) is 30.6 Å². The Balaban J connectivity index is 1.68. The number of benzene rings is 2. The zero-order chi connectivity index (χ0) is 24.5. The molecule has 9 heteroatoms. The molecule has 0 fully saturated rings. The number of ether oxygens (including phenoxy) is 1. The van der Waals surface area contributed by atoms with Crippen molar-refractivity contribution in [3.8, 4) is 0 Å². The molecule has 0 aliphatic carbocycles. The van der Waals surface area contributed by atoms with E-state index in [2.05, 4.69) is 0 Å². The third-order valence-electron chi connectivity index (χ3n) is 5.86. The predicted octanol–water partition coefficient (Wildman–Crippen LogP) is 3.86. The summed E-state index contributed by atoms with van der Waals surface area (Å²) in [5.41, 5.74) is 3.15. The molecule has 0 bridgehead atoms. The molecule has 1 aliphatic heterocycles. The van der Waals surface area contributed by atoms with Crippen LogP contribution < -0.4 is 0 Å². The van der Waals surface area contributed by atoms with E-state index in [4.69, 9.17) is 4.74 Å². The van der Waals surface area contributed by atoms with E-state index in [1.54, 1.807) is 11.0 Å². The SMILES string of the molecule is COC(=O)c1c(S(=O)(=O)N(C)Cc2ccccc2)sc2c1CCN(C(=O)c1cccc(C)c1)C2. The maximum Gasteiger partial charge on any atom is 0.340 e. The summed E-state index contributed by atoms with van der Waals surface area (Å²) < 4.78 is 33.2. The van der Waals surface area contributed by atoms with Crippen molar-refractivity contribution in [2.75, 3.05) is 20.7 Å². The highest BCUT2D eigenvalue weighted by Gasteiger charge is 2.36. The first kappa shape index (κ1) is 24.1. The van der Waals surface area contributed by atoms with Crippen LogP contribution in [0.1, 0.15) is 42.3 Å². The molecular weight excluding hydrogens is 472 g/mol. The van der Waals surface area contributed by atoms with Crippen LogP contribution in [0.15, 0.2) is 58.8 Å². The fraction of sp³-hybridized carbons (Fsp3) is 0.280. The highest BCUT2D eigenvalue weighted by molar-refractivity contribution is 7.91. The third kappa shape index (κ3) is 4.64. The zero-order valence-corrected chi connectivity index (χ0v) is 20.9. The van der Waals surface area contributed by atoms with Crippen molar-refractivity contribution in [1.29, 1.82) is 0 Å². The van der Waals surface area contributed by atoms with Gasteiger partial charge in [-0.3, -0.25) is 4.79 Å². The van der Waals surface area contributed by atoms with Gasteiger partial charge in [0.05, 0.1) is 19.2 Å². The lowest BCUT2D eigenvalue weighted by molar-refractivity contribution is 0.0595. The molecule has 0 spiro atoms. The van der Waals surface area contributed by atoms with Gasteiger partial charge in [-0.25, -0.2) is 13.2 Å². The molecule has 2 heterocycles. The summed E-state index contributed by atoms with van der Waals surface area (Å²) in [7, 11) is -1.23. The number of methoxy groups -OCH3 is 1. The highest BCUT2D eigenvalue weighted by atomic mass is 32.2. The van der Waals surface area contributed by atoms with Crippen molar-refractivity contribution in [3.05, 3.63) is 87.3 Å². The molecule has 7 nitrogen and oxygen atoms in total. The minimum atomic E-state index is -3.96. The molecule has 0 atom stereocenters. The molecule has 1 aromatic heterocycles. The van der Waals surface area contributed by atoms with E-state index in [9.17, 15) is 18.0 Å². The van der Waals surface area contributed by atoms with Crippen LogP contribution in [0.25, 0.3) is 0 Å². The second-order valence-electron chi connectivity index (χ2n) is 8.25. The number of fused-ring (bicyclic) bond motifs is 1. The van der Waals surface area contributed by atoms with Gasteiger partial charge >= 0.3 is 5.97 Å². The van der Waals surface area contributed by atoms with Gasteiger partial charge in [0, 0.05) is 30.6 Å². The van der Waals surface area contributed by atoms with E-state index in [-0.39, 0.29) is 28.8 Å². The summed E-state index contributed by atoms with van der Waals surface area (Å²) in [5.74, 6) is -0.796. The van der Waals surface area contributed by atoms with Gasteiger partial charge in [0.15, 0.2) is 0 Å². The Labute approximate surface area is 203 Å². The van der Waals surface area contributed by atoms with E-state index in [0.717, 1.165) is 22.5 Å². The molecule has 3 aromatic rings. The van der Waals surface area contributed by atoms with E-state index in [1.807, 2.05) is 55.5 Å². The van der Waals surface area contributed by atoms with Crippen molar-refractivity contribution in [1.82, 2.24) is 9.21 Å². The van der Waals surface area contributed by atoms with Gasteiger partial charge in [-0.15, -0.1) is 11.3 Å². The Hall–Kier alpha value is -3.01. The van der Waals surface area contributed by atoms with Crippen LogP contribution in [0.4, 0.5) is 0 Å². The third-order valence-corrected chi connectivity index (χ3v) is 9.37. The second kappa shape index (κ2) is 9.69. The second-order valence-corrected chi connectivity index (χ2v) is 11.6. The van der Waals surface area contributed by atoms with Crippen LogP contribution >= 0.6 is 11.3 Å². The first-order valence-corrected chi connectivity index (χ1v) is 13.1. The molecule has 0 unspecified atom stereocenters. The number of esters is 1. The van der Waals surface area contributed by atoms with Crippen LogP contribution in [-0.2, 0) is 34.3 Å². The minimum Gasteiger partial charge on any atom is -0.465 e. The topological polar surface area (TPSA) is 84.0 Å². The van der Waals surface area contributed by atoms with Gasteiger partial charge < -0.3 is 9.64 Å². The van der Waals surface area contributed by atoms with Crippen molar-refractivity contribution >= 4 is 33.2 Å². The summed E-state index contributed by atoms with van der Waals surface area (Å²) in [6.45, 7) is 2.73. The lowest BCUT2D eigenvalue weighted by atomic mass is 10.0. The van der Waals surface area contributed by atoms with Gasteiger partial charge in [0.1, 0.15) is 4.21 Å². The van der Waals surface area contributed by atoms with E-state index in [1.165, 1.54) is 18.5 Å². The molecule has 0 saturated carbocycles. The average Bonchev–Trinajstić information content (AvgIpc) is 3.23. The maximum absolute atomic E-state index is 13.5. The average molecular weight is 499 g/mol. The maximum atomic E-state index is 13.5. The summed E-state index contributed by atoms with van der Waals surface area (Å²) in [4.78, 5) is 28.1. The lowest BCUT2D eigenvalue weighted by Gasteiger charge is -2.27. The highest BCUT2D eigenvalue weighted by Crippen LogP contribution is 2.38. The molecular formula is C25H26N2O5S2. The summed E-state index contributed by atoms with van der Waals surface area (Å²) in [6.07, 6.45) is 0.381. The Morgan fingerprint density at radius 3 is 2.53 bits per heavy atom. The molecule has 34 heavy (non-hydrogen) atoms. The number of hydrogen-bond acceptors (Lipinski definition) is 6. The number of nitrogens with zero attached hydrogens (tertiary/aromatic N) is 2. The predicted molar refractivity (Wildman–Crippen MR) is 130 cm³/mol. The van der Waals surface area contributed by atoms with Crippen molar-refractivity contribution in [3.63, 3.8) is 0 Å². The number of aryl methyl sites for hydroxylation is 1. The van der Waals surface area contributed by atoms with E-state index < -0.39 is 16.0 Å². The first-order chi connectivity index (χ1) is 16.2. The molecule has 4 rings (SSSR count). The van der Waals surface area contributed by atoms with Crippen molar-refractivity contribution in [2.24, 2.45) is 0 Å². The minimum absolute atomic E-state index is 0.0346. The molecule has 0 radical (unpaired) electrons. The number of carbonyl (C=O) groups excluding carboxylic acids is 2.